The molecule has 2 unspecified atom stereocenters. The lowest BCUT2D eigenvalue weighted by atomic mass is 9.78. The molecule has 1 aromatic rings. The molecule has 3 heterocycles. The molecule has 0 radical (unpaired) electrons. The van der Waals surface area contributed by atoms with E-state index in [0.717, 1.165) is 24.8 Å². The summed E-state index contributed by atoms with van der Waals surface area (Å²) in [4.78, 5) is 22.8. The summed E-state index contributed by atoms with van der Waals surface area (Å²) in [6.45, 7) is 9.06. The van der Waals surface area contributed by atoms with Crippen LogP contribution < -0.4 is 0 Å². The van der Waals surface area contributed by atoms with Gasteiger partial charge >= 0.3 is 0 Å². The molecule has 0 aromatic carbocycles. The number of thiazole rings is 1. The van der Waals surface area contributed by atoms with Gasteiger partial charge in [-0.3, -0.25) is 4.79 Å². The maximum Gasteiger partial charge on any atom is 0.273 e. The molecule has 150 valence electrons. The molecule has 3 aliphatic rings. The van der Waals surface area contributed by atoms with Crippen LogP contribution >= 0.6 is 11.3 Å². The van der Waals surface area contributed by atoms with E-state index in [0.29, 0.717) is 17.7 Å². The Morgan fingerprint density at radius 2 is 1.85 bits per heavy atom. The Balaban J connectivity index is 1.38. The first kappa shape index (κ1) is 19.4. The number of hydrogen-bond acceptors (Lipinski definition) is 4. The van der Waals surface area contributed by atoms with Gasteiger partial charge in [-0.25, -0.2) is 4.98 Å². The normalized spacial score (nSPS) is 27.7. The minimum atomic E-state index is 0.200. The van der Waals surface area contributed by atoms with E-state index in [2.05, 4.69) is 23.6 Å². The van der Waals surface area contributed by atoms with E-state index in [1.54, 1.807) is 11.3 Å². The molecule has 4 rings (SSSR count). The van der Waals surface area contributed by atoms with Crippen LogP contribution in [0.25, 0.3) is 0 Å². The zero-order chi connectivity index (χ0) is 18.8. The van der Waals surface area contributed by atoms with Crippen LogP contribution in [-0.2, 0) is 0 Å². The van der Waals surface area contributed by atoms with Gasteiger partial charge in [0.2, 0.25) is 0 Å². The second kappa shape index (κ2) is 8.60. The van der Waals surface area contributed by atoms with Crippen LogP contribution in [0.2, 0.25) is 0 Å². The molecule has 5 heteroatoms. The number of rotatable bonds is 4. The number of fused-ring (bicyclic) bond motifs is 1. The molecular formula is C22H35N3OS. The predicted molar refractivity (Wildman–Crippen MR) is 111 cm³/mol. The van der Waals surface area contributed by atoms with Crippen molar-refractivity contribution in [1.82, 2.24) is 14.8 Å². The highest BCUT2D eigenvalue weighted by atomic mass is 32.1. The molecule has 3 fully saturated rings. The summed E-state index contributed by atoms with van der Waals surface area (Å²) in [7, 11) is 0. The first-order chi connectivity index (χ1) is 13.1. The largest absolute Gasteiger partial charge is 0.334 e. The number of likely N-dealkylation sites (tertiary alicyclic amines) is 2. The monoisotopic (exact) mass is 389 g/mol. The van der Waals surface area contributed by atoms with Crippen LogP contribution in [0.3, 0.4) is 0 Å². The van der Waals surface area contributed by atoms with Gasteiger partial charge in [0.05, 0.1) is 5.01 Å². The standard InChI is InChI=1S/C22H35N3OS/c1-16(2)14-24-12-9-18(10-13-24)21-23-19(15-27-21)22(26)25-11-5-7-17-6-3-4-8-20(17)25/h15-18,20H,3-14H2,1-2H3. The van der Waals surface area contributed by atoms with Gasteiger partial charge in [0.1, 0.15) is 5.69 Å². The number of piperidine rings is 2. The quantitative estimate of drug-likeness (QED) is 0.744. The van der Waals surface area contributed by atoms with Crippen LogP contribution in [0.15, 0.2) is 5.38 Å². The van der Waals surface area contributed by atoms with Gasteiger partial charge in [-0.1, -0.05) is 26.7 Å². The molecule has 0 bridgehead atoms. The third-order valence-corrected chi connectivity index (χ3v) is 7.81. The summed E-state index contributed by atoms with van der Waals surface area (Å²) in [6, 6.07) is 0.476. The molecule has 1 amide bonds. The molecule has 0 spiro atoms. The van der Waals surface area contributed by atoms with Crippen LogP contribution in [0, 0.1) is 11.8 Å². The Hall–Kier alpha value is -0.940. The van der Waals surface area contributed by atoms with Gasteiger partial charge in [0, 0.05) is 30.4 Å². The second-order valence-electron chi connectivity index (χ2n) is 9.29. The highest BCUT2D eigenvalue weighted by molar-refractivity contribution is 7.09. The van der Waals surface area contributed by atoms with Crippen molar-refractivity contribution >= 4 is 17.2 Å². The van der Waals surface area contributed by atoms with Crippen molar-refractivity contribution < 1.29 is 4.79 Å². The van der Waals surface area contributed by atoms with Crippen LogP contribution in [0.1, 0.15) is 86.6 Å². The lowest BCUT2D eigenvalue weighted by Gasteiger charge is -2.43. The molecule has 1 aromatic heterocycles. The summed E-state index contributed by atoms with van der Waals surface area (Å²) in [6.07, 6.45) is 9.98. The Labute approximate surface area is 168 Å². The van der Waals surface area contributed by atoms with Crippen molar-refractivity contribution in [3.8, 4) is 0 Å². The van der Waals surface area contributed by atoms with E-state index in [4.69, 9.17) is 4.98 Å². The Kier molecular flexibility index (Phi) is 6.18. The van der Waals surface area contributed by atoms with Crippen molar-refractivity contribution in [3.63, 3.8) is 0 Å². The molecule has 0 N–H and O–H groups in total. The SMILES string of the molecule is CC(C)CN1CCC(c2nc(C(=O)N3CCCC4CCCCC43)cs2)CC1. The molecule has 27 heavy (non-hydrogen) atoms. The summed E-state index contributed by atoms with van der Waals surface area (Å²) in [5.74, 6) is 2.22. The van der Waals surface area contributed by atoms with Crippen LogP contribution in [0.5, 0.6) is 0 Å². The van der Waals surface area contributed by atoms with Crippen molar-refractivity contribution in [2.24, 2.45) is 11.8 Å². The van der Waals surface area contributed by atoms with E-state index in [9.17, 15) is 4.79 Å². The highest BCUT2D eigenvalue weighted by Crippen LogP contribution is 2.36. The zero-order valence-electron chi connectivity index (χ0n) is 17.0. The fraction of sp³-hybridized carbons (Fsp3) is 0.818. The highest BCUT2D eigenvalue weighted by Gasteiger charge is 2.37. The smallest absolute Gasteiger partial charge is 0.273 e. The average molecular weight is 390 g/mol. The molecule has 2 saturated heterocycles. The zero-order valence-corrected chi connectivity index (χ0v) is 17.8. The topological polar surface area (TPSA) is 36.4 Å². The first-order valence-corrected chi connectivity index (χ1v) is 12.0. The second-order valence-corrected chi connectivity index (χ2v) is 10.2. The van der Waals surface area contributed by atoms with Gasteiger partial charge in [-0.2, -0.15) is 0 Å². The Bertz CT molecular complexity index is 633. The van der Waals surface area contributed by atoms with Crippen LogP contribution in [-0.4, -0.2) is 52.9 Å². The lowest BCUT2D eigenvalue weighted by Crippen LogP contribution is -2.49. The van der Waals surface area contributed by atoms with Gasteiger partial charge in [-0.05, 0) is 63.5 Å². The van der Waals surface area contributed by atoms with Crippen molar-refractivity contribution in [2.75, 3.05) is 26.2 Å². The summed E-state index contributed by atoms with van der Waals surface area (Å²) < 4.78 is 0. The van der Waals surface area contributed by atoms with E-state index in [1.165, 1.54) is 69.6 Å². The predicted octanol–water partition coefficient (Wildman–Crippen LogP) is 4.77. The van der Waals surface area contributed by atoms with Crippen LogP contribution in [0.4, 0.5) is 0 Å². The summed E-state index contributed by atoms with van der Waals surface area (Å²) >= 11 is 1.72. The van der Waals surface area contributed by atoms with E-state index in [1.807, 2.05) is 5.38 Å². The first-order valence-electron chi connectivity index (χ1n) is 11.1. The fourth-order valence-corrected chi connectivity index (χ4v) is 6.44. The Morgan fingerprint density at radius 3 is 2.63 bits per heavy atom. The third-order valence-electron chi connectivity index (χ3n) is 6.81. The van der Waals surface area contributed by atoms with Crippen molar-refractivity contribution in [2.45, 2.75) is 77.2 Å². The van der Waals surface area contributed by atoms with E-state index in [-0.39, 0.29) is 5.91 Å². The molecule has 2 atom stereocenters. The molecule has 4 nitrogen and oxygen atoms in total. The minimum Gasteiger partial charge on any atom is -0.334 e. The molecule has 1 aliphatic carbocycles. The molecule has 1 saturated carbocycles. The molecule has 2 aliphatic heterocycles. The van der Waals surface area contributed by atoms with Gasteiger partial charge < -0.3 is 9.80 Å². The number of carbonyl (C=O) groups is 1. The maximum absolute atomic E-state index is 13.2. The van der Waals surface area contributed by atoms with E-state index >= 15 is 0 Å². The maximum atomic E-state index is 13.2. The number of aromatic nitrogens is 1. The van der Waals surface area contributed by atoms with Crippen molar-refractivity contribution in [3.05, 3.63) is 16.1 Å². The fourth-order valence-electron chi connectivity index (χ4n) is 5.48. The minimum absolute atomic E-state index is 0.200. The average Bonchev–Trinajstić information content (AvgIpc) is 3.17. The third kappa shape index (κ3) is 4.40. The number of amides is 1. The number of hydrogen-bond donors (Lipinski definition) is 0. The lowest BCUT2D eigenvalue weighted by molar-refractivity contribution is 0.0385. The Morgan fingerprint density at radius 1 is 1.11 bits per heavy atom. The van der Waals surface area contributed by atoms with Gasteiger partial charge in [0.15, 0.2) is 0 Å². The number of nitrogens with zero attached hydrogens (tertiary/aromatic N) is 3. The number of carbonyl (C=O) groups excluding carboxylic acids is 1. The van der Waals surface area contributed by atoms with Gasteiger partial charge in [0.25, 0.3) is 5.91 Å². The summed E-state index contributed by atoms with van der Waals surface area (Å²) in [5, 5.41) is 3.23. The summed E-state index contributed by atoms with van der Waals surface area (Å²) in [5.41, 5.74) is 0.714. The molecular weight excluding hydrogens is 354 g/mol. The van der Waals surface area contributed by atoms with Crippen molar-refractivity contribution in [1.29, 1.82) is 0 Å². The van der Waals surface area contributed by atoms with E-state index < -0.39 is 0 Å². The van der Waals surface area contributed by atoms with Gasteiger partial charge in [-0.15, -0.1) is 11.3 Å².